The van der Waals surface area contributed by atoms with Crippen LogP contribution in [0, 0.1) is 23.7 Å². The van der Waals surface area contributed by atoms with Gasteiger partial charge in [-0.1, -0.05) is 23.3 Å². The van der Waals surface area contributed by atoms with Crippen LogP contribution in [0.25, 0.3) is 0 Å². The van der Waals surface area contributed by atoms with Crippen LogP contribution < -0.4 is 0 Å². The molecule has 0 saturated heterocycles. The summed E-state index contributed by atoms with van der Waals surface area (Å²) < 4.78 is 0. The fourth-order valence-corrected chi connectivity index (χ4v) is 5.91. The summed E-state index contributed by atoms with van der Waals surface area (Å²) in [5.41, 5.74) is 2.71. The molecular weight excluding hydrogens is 384 g/mol. The molecule has 4 aliphatic carbocycles. The van der Waals surface area contributed by atoms with Gasteiger partial charge in [0.15, 0.2) is 0 Å². The third-order valence-electron chi connectivity index (χ3n) is 7.69. The maximum absolute atomic E-state index is 12.5. The zero-order valence-corrected chi connectivity index (χ0v) is 17.2. The Labute approximate surface area is 176 Å². The Morgan fingerprint density at radius 1 is 0.833 bits per heavy atom. The van der Waals surface area contributed by atoms with Crippen LogP contribution >= 0.6 is 0 Å². The van der Waals surface area contributed by atoms with E-state index < -0.39 is 41.3 Å². The lowest BCUT2D eigenvalue weighted by molar-refractivity contribution is -0.154. The molecule has 6 atom stereocenters. The SMILES string of the molecule is O=C(C(=O)C(=O)[C@H](O)C(O)C1CC=C2CCCC2C1)C(=O)C1CC=C2CCCC2C1. The molecule has 6 heteroatoms. The second-order valence-electron chi connectivity index (χ2n) is 9.46. The largest absolute Gasteiger partial charge is 0.390 e. The molecule has 0 aliphatic heterocycles. The van der Waals surface area contributed by atoms with Gasteiger partial charge in [-0.25, -0.2) is 0 Å². The predicted molar refractivity (Wildman–Crippen MR) is 108 cm³/mol. The Morgan fingerprint density at radius 3 is 2.10 bits per heavy atom. The zero-order chi connectivity index (χ0) is 21.4. The van der Waals surface area contributed by atoms with Crippen molar-refractivity contribution < 1.29 is 29.4 Å². The highest BCUT2D eigenvalue weighted by atomic mass is 16.3. The van der Waals surface area contributed by atoms with Crippen molar-refractivity contribution in [1.29, 1.82) is 0 Å². The van der Waals surface area contributed by atoms with Gasteiger partial charge in [-0.05, 0) is 82.0 Å². The van der Waals surface area contributed by atoms with E-state index in [1.165, 1.54) is 11.1 Å². The summed E-state index contributed by atoms with van der Waals surface area (Å²) in [7, 11) is 0. The van der Waals surface area contributed by atoms with E-state index in [1.54, 1.807) is 0 Å². The molecule has 4 rings (SSSR count). The minimum absolute atomic E-state index is 0.290. The number of hydrogen-bond acceptors (Lipinski definition) is 6. The summed E-state index contributed by atoms with van der Waals surface area (Å²) in [6, 6.07) is 0. The molecule has 4 aliphatic rings. The van der Waals surface area contributed by atoms with Crippen LogP contribution in [0.4, 0.5) is 0 Å². The molecule has 0 bridgehead atoms. The third-order valence-corrected chi connectivity index (χ3v) is 7.69. The Kier molecular flexibility index (Phi) is 6.16. The van der Waals surface area contributed by atoms with Crippen molar-refractivity contribution in [3.05, 3.63) is 23.3 Å². The maximum Gasteiger partial charge on any atom is 0.275 e. The average Bonchev–Trinajstić information content (AvgIpc) is 3.43. The van der Waals surface area contributed by atoms with E-state index in [2.05, 4.69) is 6.08 Å². The molecule has 2 N–H and O–H groups in total. The fraction of sp³-hybridized carbons (Fsp3) is 0.667. The number of ketones is 4. The van der Waals surface area contributed by atoms with E-state index in [0.717, 1.165) is 38.5 Å². The number of Topliss-reactive ketones (excluding diaryl/α,β-unsaturated/α-hetero) is 4. The monoisotopic (exact) mass is 414 g/mol. The number of carbonyl (C=O) groups is 4. The van der Waals surface area contributed by atoms with Gasteiger partial charge < -0.3 is 10.2 Å². The minimum Gasteiger partial charge on any atom is -0.390 e. The van der Waals surface area contributed by atoms with Crippen LogP contribution in [0.1, 0.15) is 64.2 Å². The number of carbonyl (C=O) groups excluding carboxylic acids is 4. The van der Waals surface area contributed by atoms with Crippen molar-refractivity contribution in [1.82, 2.24) is 0 Å². The first-order valence-electron chi connectivity index (χ1n) is 11.3. The smallest absolute Gasteiger partial charge is 0.275 e. The molecule has 0 radical (unpaired) electrons. The van der Waals surface area contributed by atoms with Crippen LogP contribution in [0.3, 0.4) is 0 Å². The van der Waals surface area contributed by atoms with Gasteiger partial charge >= 0.3 is 0 Å². The number of hydrogen-bond donors (Lipinski definition) is 2. The first-order chi connectivity index (χ1) is 14.4. The standard InChI is InChI=1S/C24H30O6/c25-19(17-9-7-13-3-1-5-15(13)11-17)21(27)23(29)24(30)22(28)20(26)18-10-8-14-4-2-6-16(14)12-18/h7-8,15-19,21,25,27H,1-6,9-12H2/t15?,16?,17?,18?,19?,21-/m1/s1. The van der Waals surface area contributed by atoms with Crippen molar-refractivity contribution >= 4 is 23.1 Å². The van der Waals surface area contributed by atoms with Crippen molar-refractivity contribution in [2.75, 3.05) is 0 Å². The van der Waals surface area contributed by atoms with Crippen LogP contribution in [-0.4, -0.2) is 45.6 Å². The first kappa shape index (κ1) is 21.3. The molecule has 0 spiro atoms. The van der Waals surface area contributed by atoms with Gasteiger partial charge in [-0.3, -0.25) is 19.2 Å². The van der Waals surface area contributed by atoms with E-state index in [9.17, 15) is 29.4 Å². The molecule has 30 heavy (non-hydrogen) atoms. The normalized spacial score (nSPS) is 32.3. The highest BCUT2D eigenvalue weighted by Gasteiger charge is 2.43. The second kappa shape index (κ2) is 8.67. The van der Waals surface area contributed by atoms with Gasteiger partial charge in [0.05, 0.1) is 6.10 Å². The fourth-order valence-electron chi connectivity index (χ4n) is 5.91. The van der Waals surface area contributed by atoms with E-state index in [0.29, 0.717) is 37.5 Å². The summed E-state index contributed by atoms with van der Waals surface area (Å²) in [5.74, 6) is -5.32. The van der Waals surface area contributed by atoms with E-state index in [-0.39, 0.29) is 5.92 Å². The molecule has 0 aromatic rings. The molecule has 0 aromatic carbocycles. The van der Waals surface area contributed by atoms with Crippen molar-refractivity contribution in [2.24, 2.45) is 23.7 Å². The van der Waals surface area contributed by atoms with Gasteiger partial charge in [0.1, 0.15) is 6.10 Å². The Hall–Kier alpha value is -1.92. The molecule has 162 valence electrons. The summed E-state index contributed by atoms with van der Waals surface area (Å²) >= 11 is 0. The number of aliphatic hydroxyl groups excluding tert-OH is 2. The van der Waals surface area contributed by atoms with E-state index in [4.69, 9.17) is 0 Å². The average molecular weight is 414 g/mol. The molecular formula is C24H30O6. The van der Waals surface area contributed by atoms with Gasteiger partial charge in [0, 0.05) is 5.92 Å². The number of aliphatic hydroxyl groups is 2. The van der Waals surface area contributed by atoms with Gasteiger partial charge in [-0.2, -0.15) is 0 Å². The number of fused-ring (bicyclic) bond motifs is 2. The second-order valence-corrected chi connectivity index (χ2v) is 9.46. The first-order valence-corrected chi connectivity index (χ1v) is 11.3. The summed E-state index contributed by atoms with van der Waals surface area (Å²) in [6.07, 6.45) is 9.12. The van der Waals surface area contributed by atoms with Crippen LogP contribution in [0.2, 0.25) is 0 Å². The highest BCUT2D eigenvalue weighted by molar-refractivity contribution is 6.78. The van der Waals surface area contributed by atoms with Gasteiger partial charge in [-0.15, -0.1) is 0 Å². The molecule has 2 saturated carbocycles. The maximum atomic E-state index is 12.5. The summed E-state index contributed by atoms with van der Waals surface area (Å²) in [5, 5.41) is 20.8. The Morgan fingerprint density at radius 2 is 1.43 bits per heavy atom. The summed E-state index contributed by atoms with van der Waals surface area (Å²) in [6.45, 7) is 0. The van der Waals surface area contributed by atoms with Crippen molar-refractivity contribution in [3.8, 4) is 0 Å². The molecule has 0 aromatic heterocycles. The van der Waals surface area contributed by atoms with E-state index in [1.807, 2.05) is 6.08 Å². The molecule has 5 unspecified atom stereocenters. The Balaban J connectivity index is 1.35. The third kappa shape index (κ3) is 4.00. The van der Waals surface area contributed by atoms with E-state index >= 15 is 0 Å². The molecule has 0 amide bonds. The van der Waals surface area contributed by atoms with Gasteiger partial charge in [0.2, 0.25) is 11.6 Å². The van der Waals surface area contributed by atoms with Gasteiger partial charge in [0.25, 0.3) is 11.6 Å². The number of allylic oxidation sites excluding steroid dienone is 4. The highest BCUT2D eigenvalue weighted by Crippen LogP contribution is 2.42. The summed E-state index contributed by atoms with van der Waals surface area (Å²) in [4.78, 5) is 49.7. The number of rotatable bonds is 7. The molecule has 2 fully saturated rings. The molecule has 6 nitrogen and oxygen atoms in total. The quantitative estimate of drug-likeness (QED) is 0.376. The lowest BCUT2D eigenvalue weighted by Gasteiger charge is -2.31. The van der Waals surface area contributed by atoms with Crippen LogP contribution in [-0.2, 0) is 19.2 Å². The van der Waals surface area contributed by atoms with Crippen LogP contribution in [0.15, 0.2) is 23.3 Å². The minimum atomic E-state index is -1.97. The van der Waals surface area contributed by atoms with Crippen LogP contribution in [0.5, 0.6) is 0 Å². The van der Waals surface area contributed by atoms with Crippen molar-refractivity contribution in [3.63, 3.8) is 0 Å². The lowest BCUT2D eigenvalue weighted by atomic mass is 9.77. The lowest BCUT2D eigenvalue weighted by Crippen LogP contribution is -2.47. The predicted octanol–water partition coefficient (Wildman–Crippen LogP) is 2.26. The molecule has 0 heterocycles. The zero-order valence-electron chi connectivity index (χ0n) is 17.2. The topological polar surface area (TPSA) is 109 Å². The van der Waals surface area contributed by atoms with Crippen molar-refractivity contribution in [2.45, 2.75) is 76.4 Å². The Bertz CT molecular complexity index is 822.